The van der Waals surface area contributed by atoms with Gasteiger partial charge in [-0.3, -0.25) is 4.79 Å². The van der Waals surface area contributed by atoms with E-state index in [9.17, 15) is 4.79 Å². The van der Waals surface area contributed by atoms with E-state index in [2.05, 4.69) is 29.6 Å². The Morgan fingerprint density at radius 3 is 2.57 bits per heavy atom. The molecule has 0 aliphatic heterocycles. The van der Waals surface area contributed by atoms with Gasteiger partial charge in [0.2, 0.25) is 5.91 Å². The maximum atomic E-state index is 12.4. The summed E-state index contributed by atoms with van der Waals surface area (Å²) in [5, 5.41) is 3.19. The summed E-state index contributed by atoms with van der Waals surface area (Å²) in [4.78, 5) is 12.4. The standard InChI is InChI=1S/C18H26N2O/c19-17-9-5-13(6-10-17)12-20-18(21)16-8-7-14-3-1-2-4-15(14)11-16/h1-4,13,16-17H,5-12,19H2,(H,20,21). The summed E-state index contributed by atoms with van der Waals surface area (Å²) in [5.41, 5.74) is 8.70. The van der Waals surface area contributed by atoms with Crippen LogP contribution in [-0.2, 0) is 17.6 Å². The van der Waals surface area contributed by atoms with Gasteiger partial charge < -0.3 is 11.1 Å². The topological polar surface area (TPSA) is 55.1 Å². The molecule has 3 nitrogen and oxygen atoms in total. The van der Waals surface area contributed by atoms with Crippen LogP contribution in [0.5, 0.6) is 0 Å². The van der Waals surface area contributed by atoms with Crippen molar-refractivity contribution in [3.8, 4) is 0 Å². The first-order chi connectivity index (χ1) is 10.2. The van der Waals surface area contributed by atoms with Crippen LogP contribution in [0.15, 0.2) is 24.3 Å². The molecule has 1 aromatic rings. The fraction of sp³-hybridized carbons (Fsp3) is 0.611. The number of aryl methyl sites for hydroxylation is 1. The molecule has 0 aromatic heterocycles. The predicted octanol–water partition coefficient (Wildman–Crippen LogP) is 2.43. The maximum Gasteiger partial charge on any atom is 0.223 e. The fourth-order valence-corrected chi connectivity index (χ4v) is 3.70. The highest BCUT2D eigenvalue weighted by Gasteiger charge is 2.25. The number of hydrogen-bond donors (Lipinski definition) is 2. The van der Waals surface area contributed by atoms with Gasteiger partial charge in [0.15, 0.2) is 0 Å². The lowest BCUT2D eigenvalue weighted by atomic mass is 9.83. The number of hydrogen-bond acceptors (Lipinski definition) is 2. The van der Waals surface area contributed by atoms with Crippen LogP contribution in [0.4, 0.5) is 0 Å². The molecule has 21 heavy (non-hydrogen) atoms. The number of nitrogens with one attached hydrogen (secondary N) is 1. The molecule has 1 amide bonds. The van der Waals surface area contributed by atoms with E-state index in [0.29, 0.717) is 12.0 Å². The summed E-state index contributed by atoms with van der Waals surface area (Å²) >= 11 is 0. The van der Waals surface area contributed by atoms with Crippen molar-refractivity contribution in [2.24, 2.45) is 17.6 Å². The second-order valence-electron chi connectivity index (χ2n) is 6.73. The molecule has 3 N–H and O–H groups in total. The molecule has 1 aromatic carbocycles. The normalized spacial score (nSPS) is 28.7. The molecule has 0 bridgehead atoms. The zero-order chi connectivity index (χ0) is 14.7. The SMILES string of the molecule is NC1CCC(CNC(=O)C2CCc3ccccc3C2)CC1. The van der Waals surface area contributed by atoms with E-state index in [-0.39, 0.29) is 11.8 Å². The van der Waals surface area contributed by atoms with Gasteiger partial charge in [-0.1, -0.05) is 24.3 Å². The van der Waals surface area contributed by atoms with Crippen LogP contribution in [-0.4, -0.2) is 18.5 Å². The Kier molecular flexibility index (Phi) is 4.59. The summed E-state index contributed by atoms with van der Waals surface area (Å²) in [7, 11) is 0. The predicted molar refractivity (Wildman–Crippen MR) is 84.9 cm³/mol. The first kappa shape index (κ1) is 14.6. The smallest absolute Gasteiger partial charge is 0.223 e. The Hall–Kier alpha value is -1.35. The third-order valence-corrected chi connectivity index (χ3v) is 5.17. The minimum absolute atomic E-state index is 0.158. The lowest BCUT2D eigenvalue weighted by molar-refractivity contribution is -0.125. The number of rotatable bonds is 3. The second kappa shape index (κ2) is 6.61. The van der Waals surface area contributed by atoms with Crippen LogP contribution >= 0.6 is 0 Å². The minimum Gasteiger partial charge on any atom is -0.356 e. The van der Waals surface area contributed by atoms with Crippen molar-refractivity contribution in [2.45, 2.75) is 51.0 Å². The largest absolute Gasteiger partial charge is 0.356 e. The monoisotopic (exact) mass is 286 g/mol. The molecule has 3 rings (SSSR count). The van der Waals surface area contributed by atoms with Gasteiger partial charge in [-0.15, -0.1) is 0 Å². The van der Waals surface area contributed by atoms with E-state index in [0.717, 1.165) is 51.5 Å². The summed E-state index contributed by atoms with van der Waals surface area (Å²) < 4.78 is 0. The average molecular weight is 286 g/mol. The molecule has 114 valence electrons. The van der Waals surface area contributed by atoms with Crippen LogP contribution in [0.25, 0.3) is 0 Å². The van der Waals surface area contributed by atoms with E-state index < -0.39 is 0 Å². The quantitative estimate of drug-likeness (QED) is 0.896. The molecule has 0 spiro atoms. The van der Waals surface area contributed by atoms with Crippen LogP contribution in [0.1, 0.15) is 43.2 Å². The molecule has 0 saturated heterocycles. The molecular formula is C18H26N2O. The molecular weight excluding hydrogens is 260 g/mol. The number of amides is 1. The summed E-state index contributed by atoms with van der Waals surface area (Å²) in [6.07, 6.45) is 7.46. The van der Waals surface area contributed by atoms with Gasteiger partial charge in [0.05, 0.1) is 0 Å². The van der Waals surface area contributed by atoms with Crippen molar-refractivity contribution in [3.63, 3.8) is 0 Å². The second-order valence-corrected chi connectivity index (χ2v) is 6.73. The minimum atomic E-state index is 0.158. The molecule has 1 atom stereocenters. The Labute approximate surface area is 127 Å². The Balaban J connectivity index is 1.48. The third kappa shape index (κ3) is 3.65. The van der Waals surface area contributed by atoms with E-state index in [1.807, 2.05) is 0 Å². The molecule has 1 unspecified atom stereocenters. The zero-order valence-corrected chi connectivity index (χ0v) is 12.7. The molecule has 1 saturated carbocycles. The van der Waals surface area contributed by atoms with Gasteiger partial charge >= 0.3 is 0 Å². The van der Waals surface area contributed by atoms with Crippen LogP contribution in [0.3, 0.4) is 0 Å². The molecule has 1 fully saturated rings. The first-order valence-corrected chi connectivity index (χ1v) is 8.32. The lowest BCUT2D eigenvalue weighted by Gasteiger charge is -2.28. The number of benzene rings is 1. The van der Waals surface area contributed by atoms with E-state index in [1.165, 1.54) is 11.1 Å². The molecule has 0 radical (unpaired) electrons. The highest BCUT2D eigenvalue weighted by Crippen LogP contribution is 2.26. The average Bonchev–Trinajstić information content (AvgIpc) is 2.53. The maximum absolute atomic E-state index is 12.4. The van der Waals surface area contributed by atoms with Crippen molar-refractivity contribution in [1.82, 2.24) is 5.32 Å². The molecule has 0 heterocycles. The first-order valence-electron chi connectivity index (χ1n) is 8.32. The zero-order valence-electron chi connectivity index (χ0n) is 12.7. The number of fused-ring (bicyclic) bond motifs is 1. The van der Waals surface area contributed by atoms with Crippen molar-refractivity contribution in [1.29, 1.82) is 0 Å². The molecule has 3 heteroatoms. The lowest BCUT2D eigenvalue weighted by Crippen LogP contribution is -2.38. The third-order valence-electron chi connectivity index (χ3n) is 5.17. The van der Waals surface area contributed by atoms with Crippen molar-refractivity contribution in [2.75, 3.05) is 6.54 Å². The van der Waals surface area contributed by atoms with Gasteiger partial charge in [-0.05, 0) is 62.0 Å². The van der Waals surface area contributed by atoms with Gasteiger partial charge in [0.25, 0.3) is 0 Å². The van der Waals surface area contributed by atoms with Crippen molar-refractivity contribution >= 4 is 5.91 Å². The summed E-state index contributed by atoms with van der Waals surface area (Å²) in [6, 6.07) is 8.90. The van der Waals surface area contributed by atoms with Crippen LogP contribution in [0.2, 0.25) is 0 Å². The molecule has 2 aliphatic carbocycles. The number of nitrogens with two attached hydrogens (primary N) is 1. The van der Waals surface area contributed by atoms with Crippen LogP contribution < -0.4 is 11.1 Å². The summed E-state index contributed by atoms with van der Waals surface area (Å²) in [5.74, 6) is 1.04. The van der Waals surface area contributed by atoms with E-state index in [4.69, 9.17) is 5.73 Å². The Morgan fingerprint density at radius 2 is 1.81 bits per heavy atom. The van der Waals surface area contributed by atoms with Gasteiger partial charge in [-0.2, -0.15) is 0 Å². The Bertz CT molecular complexity index is 492. The Morgan fingerprint density at radius 1 is 1.10 bits per heavy atom. The fourth-order valence-electron chi connectivity index (χ4n) is 3.70. The number of carbonyl (C=O) groups excluding carboxylic acids is 1. The van der Waals surface area contributed by atoms with Crippen LogP contribution in [0, 0.1) is 11.8 Å². The number of carbonyl (C=O) groups is 1. The molecule has 2 aliphatic rings. The van der Waals surface area contributed by atoms with Crippen molar-refractivity contribution in [3.05, 3.63) is 35.4 Å². The highest BCUT2D eigenvalue weighted by molar-refractivity contribution is 5.79. The summed E-state index contributed by atoms with van der Waals surface area (Å²) in [6.45, 7) is 0.837. The van der Waals surface area contributed by atoms with Crippen molar-refractivity contribution < 1.29 is 4.79 Å². The van der Waals surface area contributed by atoms with Gasteiger partial charge in [0.1, 0.15) is 0 Å². The highest BCUT2D eigenvalue weighted by atomic mass is 16.1. The van der Waals surface area contributed by atoms with E-state index in [1.54, 1.807) is 0 Å². The van der Waals surface area contributed by atoms with Gasteiger partial charge in [0, 0.05) is 18.5 Å². The van der Waals surface area contributed by atoms with Gasteiger partial charge in [-0.25, -0.2) is 0 Å². The van der Waals surface area contributed by atoms with E-state index >= 15 is 0 Å².